The Bertz CT molecular complexity index is 784. The summed E-state index contributed by atoms with van der Waals surface area (Å²) in [7, 11) is 0. The van der Waals surface area contributed by atoms with Crippen LogP contribution in [0.4, 0.5) is 4.39 Å². The van der Waals surface area contributed by atoms with Crippen LogP contribution < -0.4 is 15.6 Å². The van der Waals surface area contributed by atoms with Crippen LogP contribution in [0.3, 0.4) is 0 Å². The van der Waals surface area contributed by atoms with Crippen LogP contribution in [0, 0.1) is 5.82 Å². The molecular formula is C20H21FN2O3. The van der Waals surface area contributed by atoms with Crippen molar-refractivity contribution in [2.75, 3.05) is 6.61 Å². The average molecular weight is 356 g/mol. The monoisotopic (exact) mass is 356 g/mol. The van der Waals surface area contributed by atoms with E-state index < -0.39 is 11.3 Å². The second kappa shape index (κ2) is 7.56. The first-order valence-corrected chi connectivity index (χ1v) is 8.65. The van der Waals surface area contributed by atoms with Gasteiger partial charge in [-0.2, -0.15) is 0 Å². The molecule has 2 aromatic rings. The first-order valence-electron chi connectivity index (χ1n) is 8.65. The summed E-state index contributed by atoms with van der Waals surface area (Å²) in [5.41, 5.74) is 5.43. The van der Waals surface area contributed by atoms with Crippen molar-refractivity contribution in [1.82, 2.24) is 10.9 Å². The zero-order chi connectivity index (χ0) is 18.6. The highest BCUT2D eigenvalue weighted by Gasteiger charge is 2.45. The Kier molecular flexibility index (Phi) is 5.21. The first kappa shape index (κ1) is 17.9. The Morgan fingerprint density at radius 1 is 1.04 bits per heavy atom. The van der Waals surface area contributed by atoms with Gasteiger partial charge in [0.15, 0.2) is 0 Å². The molecule has 0 heterocycles. The smallest absolute Gasteiger partial charge is 0.269 e. The molecule has 2 aromatic carbocycles. The number of ether oxygens (including phenoxy) is 1. The van der Waals surface area contributed by atoms with Crippen LogP contribution in [0.1, 0.15) is 42.1 Å². The van der Waals surface area contributed by atoms with E-state index in [9.17, 15) is 14.0 Å². The third-order valence-electron chi connectivity index (χ3n) is 4.76. The van der Waals surface area contributed by atoms with Crippen LogP contribution in [0.2, 0.25) is 0 Å². The molecule has 3 rings (SSSR count). The number of rotatable bonds is 5. The molecular weight excluding hydrogens is 335 g/mol. The quantitative estimate of drug-likeness (QED) is 0.809. The number of hydrogen-bond donors (Lipinski definition) is 2. The molecule has 1 saturated carbocycles. The summed E-state index contributed by atoms with van der Waals surface area (Å²) < 4.78 is 18.5. The van der Waals surface area contributed by atoms with Gasteiger partial charge in [0, 0.05) is 5.56 Å². The minimum absolute atomic E-state index is 0.283. The number of hydrogen-bond acceptors (Lipinski definition) is 3. The summed E-state index contributed by atoms with van der Waals surface area (Å²) in [6.07, 6.45) is 2.25. The zero-order valence-corrected chi connectivity index (χ0v) is 14.5. The van der Waals surface area contributed by atoms with E-state index in [1.807, 2.05) is 6.92 Å². The fourth-order valence-corrected chi connectivity index (χ4v) is 3.12. The fraction of sp³-hybridized carbons (Fsp3) is 0.300. The Balaban J connectivity index is 1.63. The molecule has 0 aromatic heterocycles. The van der Waals surface area contributed by atoms with Gasteiger partial charge in [-0.3, -0.25) is 20.4 Å². The maximum absolute atomic E-state index is 13.1. The van der Waals surface area contributed by atoms with E-state index in [-0.39, 0.29) is 11.7 Å². The van der Waals surface area contributed by atoms with Gasteiger partial charge in [-0.1, -0.05) is 18.6 Å². The summed E-state index contributed by atoms with van der Waals surface area (Å²) in [6.45, 7) is 2.43. The second-order valence-electron chi connectivity index (χ2n) is 6.31. The topological polar surface area (TPSA) is 67.4 Å². The van der Waals surface area contributed by atoms with E-state index in [1.54, 1.807) is 36.4 Å². The van der Waals surface area contributed by atoms with Crippen LogP contribution >= 0.6 is 0 Å². The summed E-state index contributed by atoms with van der Waals surface area (Å²) in [4.78, 5) is 24.9. The number of carbonyl (C=O) groups is 2. The number of benzene rings is 2. The first-order chi connectivity index (χ1) is 12.5. The zero-order valence-electron chi connectivity index (χ0n) is 14.5. The lowest BCUT2D eigenvalue weighted by atomic mass is 9.64. The lowest BCUT2D eigenvalue weighted by molar-refractivity contribution is -0.130. The molecule has 2 amide bonds. The molecule has 1 aliphatic rings. The highest BCUT2D eigenvalue weighted by atomic mass is 19.1. The largest absolute Gasteiger partial charge is 0.494 e. The van der Waals surface area contributed by atoms with E-state index in [4.69, 9.17) is 4.74 Å². The predicted octanol–water partition coefficient (Wildman–Crippen LogP) is 3.11. The van der Waals surface area contributed by atoms with E-state index in [1.165, 1.54) is 12.1 Å². The standard InChI is InChI=1S/C20H21FN2O3/c1-2-26-17-10-4-14(5-11-17)18(24)22-23-19(25)20(12-3-13-20)15-6-8-16(21)9-7-15/h4-11H,2-3,12-13H2,1H3,(H,22,24)(H,23,25). The summed E-state index contributed by atoms with van der Waals surface area (Å²) >= 11 is 0. The molecule has 0 unspecified atom stereocenters. The molecule has 136 valence electrons. The maximum Gasteiger partial charge on any atom is 0.269 e. The number of nitrogens with one attached hydrogen (secondary N) is 2. The fourth-order valence-electron chi connectivity index (χ4n) is 3.12. The molecule has 0 aliphatic heterocycles. The van der Waals surface area contributed by atoms with Crippen molar-refractivity contribution in [3.05, 3.63) is 65.5 Å². The molecule has 5 nitrogen and oxygen atoms in total. The molecule has 6 heteroatoms. The average Bonchev–Trinajstić information content (AvgIpc) is 2.61. The van der Waals surface area contributed by atoms with Gasteiger partial charge in [-0.05, 0) is 61.7 Å². The van der Waals surface area contributed by atoms with Gasteiger partial charge in [-0.15, -0.1) is 0 Å². The maximum atomic E-state index is 13.1. The van der Waals surface area contributed by atoms with Crippen molar-refractivity contribution in [1.29, 1.82) is 0 Å². The van der Waals surface area contributed by atoms with Gasteiger partial charge >= 0.3 is 0 Å². The highest BCUT2D eigenvalue weighted by Crippen LogP contribution is 2.43. The molecule has 1 aliphatic carbocycles. The third-order valence-corrected chi connectivity index (χ3v) is 4.76. The van der Waals surface area contributed by atoms with Crippen LogP contribution in [0.15, 0.2) is 48.5 Å². The number of hydrazine groups is 1. The van der Waals surface area contributed by atoms with Crippen molar-refractivity contribution in [2.45, 2.75) is 31.6 Å². The van der Waals surface area contributed by atoms with Gasteiger partial charge in [0.25, 0.3) is 5.91 Å². The van der Waals surface area contributed by atoms with Crippen molar-refractivity contribution < 1.29 is 18.7 Å². The van der Waals surface area contributed by atoms with Gasteiger partial charge in [0.05, 0.1) is 12.0 Å². The number of amides is 2. The summed E-state index contributed by atoms with van der Waals surface area (Å²) in [6, 6.07) is 12.6. The minimum atomic E-state index is -0.709. The van der Waals surface area contributed by atoms with Gasteiger partial charge in [-0.25, -0.2) is 4.39 Å². The van der Waals surface area contributed by atoms with Gasteiger partial charge in [0.2, 0.25) is 5.91 Å². The van der Waals surface area contributed by atoms with Crippen molar-refractivity contribution in [3.8, 4) is 5.75 Å². The molecule has 0 saturated heterocycles. The molecule has 26 heavy (non-hydrogen) atoms. The van der Waals surface area contributed by atoms with Crippen LogP contribution in [-0.2, 0) is 10.2 Å². The predicted molar refractivity (Wildman–Crippen MR) is 95.1 cm³/mol. The van der Waals surface area contributed by atoms with Crippen LogP contribution in [-0.4, -0.2) is 18.4 Å². The highest BCUT2D eigenvalue weighted by molar-refractivity contribution is 5.97. The Morgan fingerprint density at radius 2 is 1.69 bits per heavy atom. The lowest BCUT2D eigenvalue weighted by Crippen LogP contribution is -2.54. The van der Waals surface area contributed by atoms with E-state index >= 15 is 0 Å². The second-order valence-corrected chi connectivity index (χ2v) is 6.31. The number of halogens is 1. The Hall–Kier alpha value is -2.89. The van der Waals surface area contributed by atoms with Gasteiger partial charge in [0.1, 0.15) is 11.6 Å². The lowest BCUT2D eigenvalue weighted by Gasteiger charge is -2.40. The van der Waals surface area contributed by atoms with E-state index in [0.29, 0.717) is 30.8 Å². The Labute approximate surface area is 151 Å². The molecule has 0 spiro atoms. The molecule has 2 N–H and O–H groups in total. The van der Waals surface area contributed by atoms with E-state index in [2.05, 4.69) is 10.9 Å². The normalized spacial score (nSPS) is 14.8. The van der Waals surface area contributed by atoms with Crippen molar-refractivity contribution in [3.63, 3.8) is 0 Å². The van der Waals surface area contributed by atoms with Gasteiger partial charge < -0.3 is 4.74 Å². The van der Waals surface area contributed by atoms with Crippen molar-refractivity contribution in [2.24, 2.45) is 0 Å². The molecule has 0 atom stereocenters. The minimum Gasteiger partial charge on any atom is -0.494 e. The van der Waals surface area contributed by atoms with Crippen LogP contribution in [0.5, 0.6) is 5.75 Å². The molecule has 1 fully saturated rings. The molecule has 0 bridgehead atoms. The van der Waals surface area contributed by atoms with Crippen LogP contribution in [0.25, 0.3) is 0 Å². The number of carbonyl (C=O) groups excluding carboxylic acids is 2. The third kappa shape index (κ3) is 3.54. The Morgan fingerprint density at radius 3 is 2.23 bits per heavy atom. The summed E-state index contributed by atoms with van der Waals surface area (Å²) in [5, 5.41) is 0. The molecule has 0 radical (unpaired) electrons. The SMILES string of the molecule is CCOc1ccc(C(=O)NNC(=O)C2(c3ccc(F)cc3)CCC2)cc1. The van der Waals surface area contributed by atoms with E-state index in [0.717, 1.165) is 12.0 Å². The van der Waals surface area contributed by atoms with Crippen molar-refractivity contribution >= 4 is 11.8 Å². The summed E-state index contributed by atoms with van der Waals surface area (Å²) in [5.74, 6) is -0.352.